The molecular weight excluding hydrogens is 233 g/mol. The maximum absolute atomic E-state index is 13.3. The standard InChI is InChI=1S/C14H16FNO2/c15-12-4-3-10-2-1-6-16(13(10)8-12)14(17)11-5-7-18-9-11/h3-4,8,11H,1-2,5-7,9H2. The summed E-state index contributed by atoms with van der Waals surface area (Å²) in [5.74, 6) is -0.255. The van der Waals surface area contributed by atoms with E-state index in [0.29, 0.717) is 19.8 Å². The lowest BCUT2D eigenvalue weighted by Crippen LogP contribution is -2.40. The Morgan fingerprint density at radius 2 is 2.33 bits per heavy atom. The Bertz CT molecular complexity index is 469. The monoisotopic (exact) mass is 249 g/mol. The maximum atomic E-state index is 13.3. The topological polar surface area (TPSA) is 29.5 Å². The molecule has 0 radical (unpaired) electrons. The number of aryl methyl sites for hydroxylation is 1. The van der Waals surface area contributed by atoms with E-state index < -0.39 is 0 Å². The van der Waals surface area contributed by atoms with Crippen LogP contribution >= 0.6 is 0 Å². The highest BCUT2D eigenvalue weighted by molar-refractivity contribution is 5.96. The van der Waals surface area contributed by atoms with Crippen LogP contribution in [0.3, 0.4) is 0 Å². The van der Waals surface area contributed by atoms with Crippen molar-refractivity contribution in [1.29, 1.82) is 0 Å². The van der Waals surface area contributed by atoms with Crippen LogP contribution in [0.1, 0.15) is 18.4 Å². The van der Waals surface area contributed by atoms with Gasteiger partial charge in [0.15, 0.2) is 0 Å². The van der Waals surface area contributed by atoms with Crippen LogP contribution in [0.2, 0.25) is 0 Å². The highest BCUT2D eigenvalue weighted by atomic mass is 19.1. The number of nitrogens with zero attached hydrogens (tertiary/aromatic N) is 1. The third kappa shape index (κ3) is 2.01. The average molecular weight is 249 g/mol. The van der Waals surface area contributed by atoms with E-state index in [-0.39, 0.29) is 17.6 Å². The minimum Gasteiger partial charge on any atom is -0.381 e. The molecule has 0 saturated carbocycles. The predicted octanol–water partition coefficient (Wildman–Crippen LogP) is 2.14. The van der Waals surface area contributed by atoms with Crippen LogP contribution in [0.4, 0.5) is 10.1 Å². The van der Waals surface area contributed by atoms with Gasteiger partial charge in [-0.2, -0.15) is 0 Å². The first-order valence-electron chi connectivity index (χ1n) is 6.43. The SMILES string of the molecule is O=C(C1CCOC1)N1CCCc2ccc(F)cc21. The van der Waals surface area contributed by atoms with Crippen molar-refractivity contribution in [3.05, 3.63) is 29.6 Å². The molecule has 2 heterocycles. The quantitative estimate of drug-likeness (QED) is 0.763. The second-order valence-electron chi connectivity index (χ2n) is 4.93. The van der Waals surface area contributed by atoms with Crippen molar-refractivity contribution in [2.75, 3.05) is 24.7 Å². The second kappa shape index (κ2) is 4.69. The zero-order valence-corrected chi connectivity index (χ0v) is 10.2. The summed E-state index contributed by atoms with van der Waals surface area (Å²) in [5, 5.41) is 0. The number of carbonyl (C=O) groups is 1. The van der Waals surface area contributed by atoms with Crippen molar-refractivity contribution in [2.45, 2.75) is 19.3 Å². The molecule has 3 rings (SSSR count). The van der Waals surface area contributed by atoms with E-state index in [1.54, 1.807) is 11.0 Å². The second-order valence-corrected chi connectivity index (χ2v) is 4.93. The molecule has 2 aliphatic rings. The van der Waals surface area contributed by atoms with Crippen molar-refractivity contribution >= 4 is 11.6 Å². The Kier molecular flexibility index (Phi) is 3.04. The molecule has 18 heavy (non-hydrogen) atoms. The molecule has 3 nitrogen and oxygen atoms in total. The summed E-state index contributed by atoms with van der Waals surface area (Å²) in [4.78, 5) is 14.1. The highest BCUT2D eigenvalue weighted by Gasteiger charge is 2.31. The maximum Gasteiger partial charge on any atom is 0.232 e. The normalized spacial score (nSPS) is 22.9. The Morgan fingerprint density at radius 1 is 1.44 bits per heavy atom. The lowest BCUT2D eigenvalue weighted by atomic mass is 9.99. The Morgan fingerprint density at radius 3 is 3.11 bits per heavy atom. The van der Waals surface area contributed by atoms with E-state index in [9.17, 15) is 9.18 Å². The van der Waals surface area contributed by atoms with Gasteiger partial charge in [-0.3, -0.25) is 4.79 Å². The first kappa shape index (κ1) is 11.7. The van der Waals surface area contributed by atoms with Gasteiger partial charge in [0.25, 0.3) is 0 Å². The van der Waals surface area contributed by atoms with Gasteiger partial charge < -0.3 is 9.64 Å². The third-order valence-corrected chi connectivity index (χ3v) is 3.71. The molecule has 1 aromatic carbocycles. The van der Waals surface area contributed by atoms with Crippen molar-refractivity contribution < 1.29 is 13.9 Å². The van der Waals surface area contributed by atoms with Crippen LogP contribution in [-0.4, -0.2) is 25.7 Å². The fourth-order valence-electron chi connectivity index (χ4n) is 2.73. The lowest BCUT2D eigenvalue weighted by Gasteiger charge is -2.31. The zero-order chi connectivity index (χ0) is 12.5. The molecule has 1 unspecified atom stereocenters. The highest BCUT2D eigenvalue weighted by Crippen LogP contribution is 2.30. The van der Waals surface area contributed by atoms with Gasteiger partial charge in [-0.1, -0.05) is 6.07 Å². The Hall–Kier alpha value is -1.42. The largest absolute Gasteiger partial charge is 0.381 e. The number of rotatable bonds is 1. The van der Waals surface area contributed by atoms with Gasteiger partial charge >= 0.3 is 0 Å². The molecule has 1 atom stereocenters. The summed E-state index contributed by atoms with van der Waals surface area (Å²) in [6.45, 7) is 1.84. The molecule has 0 aromatic heterocycles. The van der Waals surface area contributed by atoms with Crippen LogP contribution in [0.15, 0.2) is 18.2 Å². The smallest absolute Gasteiger partial charge is 0.232 e. The zero-order valence-electron chi connectivity index (χ0n) is 10.2. The van der Waals surface area contributed by atoms with Gasteiger partial charge in [0, 0.05) is 18.8 Å². The number of anilines is 1. The van der Waals surface area contributed by atoms with Crippen LogP contribution < -0.4 is 4.90 Å². The molecule has 1 saturated heterocycles. The fraction of sp³-hybridized carbons (Fsp3) is 0.500. The number of amides is 1. The van der Waals surface area contributed by atoms with Gasteiger partial charge in [-0.15, -0.1) is 0 Å². The van der Waals surface area contributed by atoms with E-state index in [0.717, 1.165) is 30.5 Å². The van der Waals surface area contributed by atoms with Crippen LogP contribution in [0.5, 0.6) is 0 Å². The predicted molar refractivity (Wildman–Crippen MR) is 66.0 cm³/mol. The number of hydrogen-bond donors (Lipinski definition) is 0. The van der Waals surface area contributed by atoms with Gasteiger partial charge in [0.1, 0.15) is 5.82 Å². The van der Waals surface area contributed by atoms with Crippen LogP contribution in [0, 0.1) is 11.7 Å². The molecule has 1 amide bonds. The first-order chi connectivity index (χ1) is 8.75. The summed E-state index contributed by atoms with van der Waals surface area (Å²) >= 11 is 0. The lowest BCUT2D eigenvalue weighted by molar-refractivity contribution is -0.122. The molecule has 0 N–H and O–H groups in total. The summed E-state index contributed by atoms with van der Waals surface area (Å²) in [6.07, 6.45) is 2.64. The number of halogens is 1. The van der Waals surface area contributed by atoms with E-state index in [1.807, 2.05) is 0 Å². The molecular formula is C14H16FNO2. The summed E-state index contributed by atoms with van der Waals surface area (Å²) in [5.41, 5.74) is 1.81. The number of fused-ring (bicyclic) bond motifs is 1. The first-order valence-corrected chi connectivity index (χ1v) is 6.43. The van der Waals surface area contributed by atoms with Crippen molar-refractivity contribution in [3.63, 3.8) is 0 Å². The van der Waals surface area contributed by atoms with Crippen molar-refractivity contribution in [1.82, 2.24) is 0 Å². The van der Waals surface area contributed by atoms with Gasteiger partial charge in [0.2, 0.25) is 5.91 Å². The van der Waals surface area contributed by atoms with Crippen molar-refractivity contribution in [2.24, 2.45) is 5.92 Å². The minimum absolute atomic E-state index is 0.0563. The molecule has 1 fully saturated rings. The number of carbonyl (C=O) groups excluding carboxylic acids is 1. The summed E-state index contributed by atoms with van der Waals surface area (Å²) in [6, 6.07) is 4.73. The average Bonchev–Trinajstić information content (AvgIpc) is 2.91. The number of ether oxygens (including phenoxy) is 1. The minimum atomic E-state index is -0.281. The van der Waals surface area contributed by atoms with E-state index >= 15 is 0 Å². The molecule has 0 aliphatic carbocycles. The van der Waals surface area contributed by atoms with Crippen LogP contribution in [0.25, 0.3) is 0 Å². The Balaban J connectivity index is 1.90. The van der Waals surface area contributed by atoms with Gasteiger partial charge in [-0.05, 0) is 37.0 Å². The van der Waals surface area contributed by atoms with Gasteiger partial charge in [0.05, 0.1) is 12.5 Å². The molecule has 96 valence electrons. The molecule has 2 aliphatic heterocycles. The fourth-order valence-corrected chi connectivity index (χ4v) is 2.73. The number of hydrogen-bond acceptors (Lipinski definition) is 2. The van der Waals surface area contributed by atoms with E-state index in [4.69, 9.17) is 4.74 Å². The summed E-state index contributed by atoms with van der Waals surface area (Å²) < 4.78 is 18.6. The third-order valence-electron chi connectivity index (χ3n) is 3.71. The molecule has 0 bridgehead atoms. The summed E-state index contributed by atoms with van der Waals surface area (Å²) in [7, 11) is 0. The van der Waals surface area contributed by atoms with Crippen LogP contribution in [-0.2, 0) is 16.0 Å². The van der Waals surface area contributed by atoms with Gasteiger partial charge in [-0.25, -0.2) is 4.39 Å². The molecule has 1 aromatic rings. The molecule has 4 heteroatoms. The van der Waals surface area contributed by atoms with E-state index in [1.165, 1.54) is 12.1 Å². The van der Waals surface area contributed by atoms with Crippen molar-refractivity contribution in [3.8, 4) is 0 Å². The Labute approximate surface area is 106 Å². The number of benzene rings is 1. The van der Waals surface area contributed by atoms with E-state index in [2.05, 4.69) is 0 Å². The molecule has 0 spiro atoms.